The van der Waals surface area contributed by atoms with Crippen molar-refractivity contribution in [2.24, 2.45) is 5.92 Å². The van der Waals surface area contributed by atoms with Gasteiger partial charge in [-0.1, -0.05) is 19.6 Å². The van der Waals surface area contributed by atoms with Crippen molar-refractivity contribution in [1.29, 1.82) is 5.26 Å². The van der Waals surface area contributed by atoms with Crippen molar-refractivity contribution in [2.45, 2.75) is 63.8 Å². The smallest absolute Gasteiger partial charge is 0.417 e. The number of rotatable bonds is 6. The number of fused-ring (bicyclic) bond motifs is 3. The number of halogens is 5. The molecular weight excluding hydrogens is 690 g/mol. The highest BCUT2D eigenvalue weighted by molar-refractivity contribution is 7.23. The summed E-state index contributed by atoms with van der Waals surface area (Å²) in [4.78, 5) is 27.4. The highest BCUT2D eigenvalue weighted by Gasteiger charge is 2.48. The maximum absolute atomic E-state index is 17.2. The molecule has 3 saturated heterocycles. The minimum absolute atomic E-state index is 0.0262. The second-order valence-corrected chi connectivity index (χ2v) is 15.1. The van der Waals surface area contributed by atoms with E-state index in [1.807, 2.05) is 6.07 Å². The van der Waals surface area contributed by atoms with Crippen LogP contribution >= 0.6 is 11.3 Å². The molecule has 51 heavy (non-hydrogen) atoms. The Morgan fingerprint density at radius 3 is 2.67 bits per heavy atom. The Labute approximate surface area is 295 Å². The Hall–Kier alpha value is -4.55. The standard InChI is InChI=1S/C36H36F5N7O2S/c1-5-26(49)47-15-20(4)48(16-19(47)3)33-22-11-24(36(39,40)41)28(21-7-8-25(37)31-27(21)23(13-42)32(43)51-31)29(38)30(22)44-34(45-33)50-17-35-9-6-10-46(35)14-18(2)12-35/h5,7-8,11,18-20H,1,6,9-10,12,14-17,43H2,2-4H3/t18-,19-,20+,35+/m1/s1. The third-order valence-electron chi connectivity index (χ3n) is 10.6. The first-order chi connectivity index (χ1) is 24.2. The number of hydrogen-bond acceptors (Lipinski definition) is 9. The topological polar surface area (TPSA) is 112 Å². The molecule has 15 heteroatoms. The molecule has 0 spiro atoms. The van der Waals surface area contributed by atoms with Gasteiger partial charge in [-0.25, -0.2) is 8.78 Å². The zero-order chi connectivity index (χ0) is 36.6. The molecule has 4 atom stereocenters. The number of thiophene rings is 1. The van der Waals surface area contributed by atoms with Crippen LogP contribution in [-0.2, 0) is 11.0 Å². The number of nitrogen functional groups attached to an aromatic ring is 1. The average molecular weight is 726 g/mol. The van der Waals surface area contributed by atoms with Crippen LogP contribution in [0.4, 0.5) is 32.8 Å². The second kappa shape index (κ2) is 12.6. The van der Waals surface area contributed by atoms with Crippen LogP contribution in [0, 0.1) is 28.9 Å². The normalized spacial score (nSPS) is 23.9. The minimum Gasteiger partial charge on any atom is -0.461 e. The van der Waals surface area contributed by atoms with Crippen molar-refractivity contribution >= 4 is 49.1 Å². The Balaban J connectivity index is 1.46. The van der Waals surface area contributed by atoms with Gasteiger partial charge in [0.25, 0.3) is 0 Å². The first-order valence-corrected chi connectivity index (χ1v) is 17.6. The van der Waals surface area contributed by atoms with E-state index in [9.17, 15) is 14.4 Å². The number of benzene rings is 2. The number of amides is 1. The van der Waals surface area contributed by atoms with Crippen molar-refractivity contribution in [2.75, 3.05) is 43.4 Å². The highest BCUT2D eigenvalue weighted by atomic mass is 32.1. The van der Waals surface area contributed by atoms with E-state index < -0.39 is 40.5 Å². The van der Waals surface area contributed by atoms with Gasteiger partial charge in [0.1, 0.15) is 34.8 Å². The fraction of sp³-hybridized carbons (Fsp3) is 0.444. The lowest BCUT2D eigenvalue weighted by molar-refractivity contribution is -0.137. The predicted molar refractivity (Wildman–Crippen MR) is 185 cm³/mol. The number of nitriles is 1. The number of nitrogens with zero attached hydrogens (tertiary/aromatic N) is 6. The van der Waals surface area contributed by atoms with Gasteiger partial charge < -0.3 is 20.3 Å². The molecule has 2 N–H and O–H groups in total. The van der Waals surface area contributed by atoms with E-state index in [-0.39, 0.29) is 80.6 Å². The molecule has 2 aromatic carbocycles. The first kappa shape index (κ1) is 34.9. The zero-order valence-corrected chi connectivity index (χ0v) is 29.1. The molecule has 0 bridgehead atoms. The molecule has 3 aliphatic heterocycles. The molecule has 5 heterocycles. The van der Waals surface area contributed by atoms with Crippen LogP contribution < -0.4 is 15.4 Å². The summed E-state index contributed by atoms with van der Waals surface area (Å²) in [6, 6.07) is 3.57. The quantitative estimate of drug-likeness (QED) is 0.165. The maximum Gasteiger partial charge on any atom is 0.417 e. The summed E-state index contributed by atoms with van der Waals surface area (Å²) in [6.45, 7) is 11.8. The van der Waals surface area contributed by atoms with Crippen LogP contribution in [0.25, 0.3) is 32.1 Å². The summed E-state index contributed by atoms with van der Waals surface area (Å²) in [5.74, 6) is -1.95. The number of nitrogens with two attached hydrogens (primary N) is 1. The zero-order valence-electron chi connectivity index (χ0n) is 28.3. The van der Waals surface area contributed by atoms with E-state index in [4.69, 9.17) is 10.5 Å². The molecule has 268 valence electrons. The van der Waals surface area contributed by atoms with Gasteiger partial charge in [0.2, 0.25) is 5.91 Å². The van der Waals surface area contributed by atoms with Crippen molar-refractivity contribution in [3.05, 3.63) is 53.6 Å². The van der Waals surface area contributed by atoms with Gasteiger partial charge in [-0.3, -0.25) is 9.69 Å². The van der Waals surface area contributed by atoms with Gasteiger partial charge in [0, 0.05) is 48.1 Å². The Bertz CT molecular complexity index is 2130. The predicted octanol–water partition coefficient (Wildman–Crippen LogP) is 7.13. The average Bonchev–Trinajstić information content (AvgIpc) is 3.73. The summed E-state index contributed by atoms with van der Waals surface area (Å²) in [6.07, 6.45) is -1.11. The third kappa shape index (κ3) is 5.72. The van der Waals surface area contributed by atoms with Gasteiger partial charge in [-0.2, -0.15) is 28.4 Å². The Kier molecular flexibility index (Phi) is 8.61. The molecular formula is C36H36F5N7O2S. The lowest BCUT2D eigenvalue weighted by Crippen LogP contribution is -2.58. The highest BCUT2D eigenvalue weighted by Crippen LogP contribution is 2.48. The van der Waals surface area contributed by atoms with Crippen LogP contribution in [0.3, 0.4) is 0 Å². The lowest BCUT2D eigenvalue weighted by Gasteiger charge is -2.44. The number of carbonyl (C=O) groups is 1. The minimum atomic E-state index is -5.09. The van der Waals surface area contributed by atoms with Crippen LogP contribution in [0.1, 0.15) is 51.2 Å². The number of anilines is 2. The molecule has 0 radical (unpaired) electrons. The second-order valence-electron chi connectivity index (χ2n) is 14.0. The Morgan fingerprint density at radius 1 is 1.20 bits per heavy atom. The van der Waals surface area contributed by atoms with Crippen LogP contribution in [0.2, 0.25) is 0 Å². The first-order valence-electron chi connectivity index (χ1n) is 16.8. The number of piperazine rings is 1. The van der Waals surface area contributed by atoms with Gasteiger partial charge in [-0.05, 0) is 69.3 Å². The maximum atomic E-state index is 17.2. The van der Waals surface area contributed by atoms with Gasteiger partial charge in [-0.15, -0.1) is 11.3 Å². The fourth-order valence-corrected chi connectivity index (χ4v) is 9.29. The number of ether oxygens (including phenoxy) is 1. The third-order valence-corrected chi connectivity index (χ3v) is 11.6. The van der Waals surface area contributed by atoms with E-state index in [2.05, 4.69) is 28.4 Å². The van der Waals surface area contributed by atoms with Gasteiger partial charge in [0.15, 0.2) is 5.82 Å². The molecule has 1 amide bonds. The summed E-state index contributed by atoms with van der Waals surface area (Å²) >= 11 is 0.701. The Morgan fingerprint density at radius 2 is 1.96 bits per heavy atom. The van der Waals surface area contributed by atoms with Gasteiger partial charge in [0.05, 0.1) is 21.4 Å². The van der Waals surface area contributed by atoms with Crippen molar-refractivity contribution in [3.8, 4) is 23.2 Å². The molecule has 9 nitrogen and oxygen atoms in total. The monoisotopic (exact) mass is 725 g/mol. The number of alkyl halides is 3. The van der Waals surface area contributed by atoms with Crippen LogP contribution in [-0.4, -0.2) is 76.1 Å². The molecule has 0 unspecified atom stereocenters. The molecule has 7 rings (SSSR count). The molecule has 0 saturated carbocycles. The SMILES string of the molecule is C=CC(=O)N1C[C@H](C)N(c2nc(OC[C@@]34CCCN3C[C@H](C)C4)nc3c(F)c(-c4ccc(F)c5sc(N)c(C#N)c45)c(C(F)(F)F)cc23)C[C@H]1C. The van der Waals surface area contributed by atoms with Crippen LogP contribution in [0.5, 0.6) is 6.01 Å². The molecule has 0 aliphatic carbocycles. The number of hydrogen-bond donors (Lipinski definition) is 1. The van der Waals surface area contributed by atoms with E-state index in [1.165, 1.54) is 6.08 Å². The molecule has 3 aliphatic rings. The largest absolute Gasteiger partial charge is 0.461 e. The fourth-order valence-electron chi connectivity index (χ4n) is 8.34. The summed E-state index contributed by atoms with van der Waals surface area (Å²) in [7, 11) is 0. The summed E-state index contributed by atoms with van der Waals surface area (Å²) in [5, 5.41) is 9.33. The van der Waals surface area contributed by atoms with Crippen molar-refractivity contribution in [3.63, 3.8) is 0 Å². The van der Waals surface area contributed by atoms with E-state index in [1.54, 1.807) is 23.6 Å². The van der Waals surface area contributed by atoms with E-state index in [0.717, 1.165) is 50.6 Å². The summed E-state index contributed by atoms with van der Waals surface area (Å²) < 4.78 is 83.5. The molecule has 4 aromatic rings. The lowest BCUT2D eigenvalue weighted by atomic mass is 9.91. The molecule has 3 fully saturated rings. The number of carbonyl (C=O) groups excluding carboxylic acids is 1. The number of aromatic nitrogens is 2. The van der Waals surface area contributed by atoms with Crippen molar-refractivity contribution in [1.82, 2.24) is 19.8 Å². The van der Waals surface area contributed by atoms with Crippen LogP contribution in [0.15, 0.2) is 30.9 Å². The molecule has 2 aromatic heterocycles. The van der Waals surface area contributed by atoms with E-state index >= 15 is 17.6 Å². The van der Waals surface area contributed by atoms with E-state index in [0.29, 0.717) is 17.3 Å². The van der Waals surface area contributed by atoms with Gasteiger partial charge >= 0.3 is 12.2 Å². The van der Waals surface area contributed by atoms with Crippen molar-refractivity contribution < 1.29 is 31.5 Å². The summed E-state index contributed by atoms with van der Waals surface area (Å²) in [5.41, 5.74) is 2.47.